The quantitative estimate of drug-likeness (QED) is 0.715. The van der Waals surface area contributed by atoms with Crippen molar-refractivity contribution in [3.63, 3.8) is 0 Å². The molecule has 1 fully saturated rings. The van der Waals surface area contributed by atoms with E-state index in [1.165, 1.54) is 6.07 Å². The third-order valence-corrected chi connectivity index (χ3v) is 5.49. The van der Waals surface area contributed by atoms with E-state index in [-0.39, 0.29) is 29.4 Å². The van der Waals surface area contributed by atoms with Gasteiger partial charge in [-0.1, -0.05) is 42.5 Å². The van der Waals surface area contributed by atoms with Crippen LogP contribution < -0.4 is 5.32 Å². The average Bonchev–Trinajstić information content (AvgIpc) is 2.73. The van der Waals surface area contributed by atoms with Crippen LogP contribution >= 0.6 is 0 Å². The number of nitrogens with one attached hydrogen (secondary N) is 1. The fraction of sp³-hybridized carbons (Fsp3) is 0.440. The number of aromatic hydroxyl groups is 1. The van der Waals surface area contributed by atoms with Gasteiger partial charge in [0.15, 0.2) is 0 Å². The van der Waals surface area contributed by atoms with Gasteiger partial charge in [-0.25, -0.2) is 4.79 Å². The molecule has 1 saturated heterocycles. The van der Waals surface area contributed by atoms with Crippen molar-refractivity contribution in [2.24, 2.45) is 5.92 Å². The summed E-state index contributed by atoms with van der Waals surface area (Å²) in [7, 11) is 0. The summed E-state index contributed by atoms with van der Waals surface area (Å²) in [5.41, 5.74) is 0.795. The fourth-order valence-corrected chi connectivity index (χ4v) is 3.88. The highest BCUT2D eigenvalue weighted by molar-refractivity contribution is 5.97. The Bertz CT molecular complexity index is 884. The third-order valence-electron chi connectivity index (χ3n) is 5.49. The lowest BCUT2D eigenvalue weighted by atomic mass is 9.87. The summed E-state index contributed by atoms with van der Waals surface area (Å²) in [6.45, 7) is 6.91. The molecule has 1 aliphatic heterocycles. The molecule has 2 N–H and O–H groups in total. The Morgan fingerprint density at radius 3 is 2.29 bits per heavy atom. The lowest BCUT2D eigenvalue weighted by molar-refractivity contribution is 0.0178. The van der Waals surface area contributed by atoms with E-state index in [0.29, 0.717) is 19.0 Å². The molecule has 0 aliphatic carbocycles. The molecule has 31 heavy (non-hydrogen) atoms. The van der Waals surface area contributed by atoms with Crippen molar-refractivity contribution in [3.05, 3.63) is 65.7 Å². The highest BCUT2D eigenvalue weighted by Crippen LogP contribution is 2.30. The zero-order valence-electron chi connectivity index (χ0n) is 18.5. The lowest BCUT2D eigenvalue weighted by Gasteiger charge is -2.35. The molecule has 2 aromatic carbocycles. The van der Waals surface area contributed by atoms with Gasteiger partial charge in [0.1, 0.15) is 11.4 Å². The van der Waals surface area contributed by atoms with Crippen LogP contribution in [0.4, 0.5) is 4.79 Å². The number of rotatable bonds is 5. The van der Waals surface area contributed by atoms with Gasteiger partial charge in [0.25, 0.3) is 5.91 Å². The van der Waals surface area contributed by atoms with E-state index in [4.69, 9.17) is 4.74 Å². The van der Waals surface area contributed by atoms with Crippen LogP contribution in [-0.4, -0.2) is 40.7 Å². The number of likely N-dealkylation sites (tertiary alicyclic amines) is 1. The number of hydrogen-bond donors (Lipinski definition) is 2. The molecule has 1 heterocycles. The number of benzene rings is 2. The monoisotopic (exact) mass is 424 g/mol. The van der Waals surface area contributed by atoms with Crippen molar-refractivity contribution < 1.29 is 19.4 Å². The van der Waals surface area contributed by atoms with E-state index in [2.05, 4.69) is 5.32 Å². The Kier molecular flexibility index (Phi) is 7.21. The second-order valence-corrected chi connectivity index (χ2v) is 9.10. The predicted molar refractivity (Wildman–Crippen MR) is 120 cm³/mol. The first-order chi connectivity index (χ1) is 14.7. The molecule has 1 atom stereocenters. The molecule has 2 aromatic rings. The Hall–Kier alpha value is -3.02. The van der Waals surface area contributed by atoms with Crippen LogP contribution in [0.1, 0.15) is 62.0 Å². The number of phenols is 1. The van der Waals surface area contributed by atoms with E-state index < -0.39 is 5.60 Å². The molecule has 6 nitrogen and oxygen atoms in total. The van der Waals surface area contributed by atoms with Crippen molar-refractivity contribution in [2.75, 3.05) is 13.1 Å². The normalized spacial score (nSPS) is 15.9. The van der Waals surface area contributed by atoms with Gasteiger partial charge in [-0.2, -0.15) is 0 Å². The van der Waals surface area contributed by atoms with Gasteiger partial charge in [-0.3, -0.25) is 4.79 Å². The summed E-state index contributed by atoms with van der Waals surface area (Å²) in [4.78, 5) is 26.9. The Labute approximate surface area is 184 Å². The first kappa shape index (κ1) is 22.7. The minimum atomic E-state index is -0.500. The zero-order chi connectivity index (χ0) is 22.4. The van der Waals surface area contributed by atoms with E-state index in [9.17, 15) is 14.7 Å². The molecule has 1 unspecified atom stereocenters. The molecular formula is C25H32N2O4. The molecule has 0 saturated carbocycles. The van der Waals surface area contributed by atoms with Crippen LogP contribution in [0.15, 0.2) is 54.6 Å². The first-order valence-corrected chi connectivity index (χ1v) is 10.8. The van der Waals surface area contributed by atoms with Crippen LogP contribution in [0, 0.1) is 5.92 Å². The number of phenolic OH excluding ortho intramolecular Hbond substituents is 1. The maximum atomic E-state index is 12.8. The van der Waals surface area contributed by atoms with Gasteiger partial charge in [-0.05, 0) is 63.6 Å². The van der Waals surface area contributed by atoms with Crippen molar-refractivity contribution in [1.82, 2.24) is 10.2 Å². The Balaban J connectivity index is 1.65. The van der Waals surface area contributed by atoms with Gasteiger partial charge in [0.2, 0.25) is 0 Å². The van der Waals surface area contributed by atoms with Crippen molar-refractivity contribution in [2.45, 2.75) is 51.7 Å². The van der Waals surface area contributed by atoms with Crippen LogP contribution in [-0.2, 0) is 4.74 Å². The highest BCUT2D eigenvalue weighted by Gasteiger charge is 2.29. The Morgan fingerprint density at radius 2 is 1.68 bits per heavy atom. The molecule has 0 aromatic heterocycles. The standard InChI is InChI=1S/C25H32N2O4/c1-25(2,3)31-24(30)27-15-13-18(14-16-27)17-21(19-9-5-4-6-10-19)26-23(29)20-11-7-8-12-22(20)28/h4-12,18,21,28H,13-17H2,1-3H3,(H,26,29). The van der Waals surface area contributed by atoms with Crippen LogP contribution in [0.3, 0.4) is 0 Å². The average molecular weight is 425 g/mol. The molecule has 2 amide bonds. The number of piperidine rings is 1. The summed E-state index contributed by atoms with van der Waals surface area (Å²) < 4.78 is 5.48. The van der Waals surface area contributed by atoms with Crippen molar-refractivity contribution in [3.8, 4) is 5.75 Å². The second kappa shape index (κ2) is 9.86. The number of nitrogens with zero attached hydrogens (tertiary/aromatic N) is 1. The van der Waals surface area contributed by atoms with E-state index in [1.807, 2.05) is 51.1 Å². The van der Waals surface area contributed by atoms with Gasteiger partial charge < -0.3 is 20.1 Å². The maximum Gasteiger partial charge on any atom is 0.410 e. The zero-order valence-corrected chi connectivity index (χ0v) is 18.5. The number of para-hydroxylation sites is 1. The molecular weight excluding hydrogens is 392 g/mol. The smallest absolute Gasteiger partial charge is 0.410 e. The molecule has 6 heteroatoms. The number of amides is 2. The summed E-state index contributed by atoms with van der Waals surface area (Å²) in [5.74, 6) is 0.0455. The molecule has 0 radical (unpaired) electrons. The SMILES string of the molecule is CC(C)(C)OC(=O)N1CCC(CC(NC(=O)c2ccccc2O)c2ccccc2)CC1. The summed E-state index contributed by atoms with van der Waals surface area (Å²) in [5, 5.41) is 13.1. The first-order valence-electron chi connectivity index (χ1n) is 10.8. The Morgan fingerprint density at radius 1 is 1.06 bits per heavy atom. The second-order valence-electron chi connectivity index (χ2n) is 9.10. The summed E-state index contributed by atoms with van der Waals surface area (Å²) in [6.07, 6.45) is 2.22. The van der Waals surface area contributed by atoms with E-state index >= 15 is 0 Å². The molecule has 3 rings (SSSR count). The van der Waals surface area contributed by atoms with Crippen molar-refractivity contribution >= 4 is 12.0 Å². The topological polar surface area (TPSA) is 78.9 Å². The van der Waals surface area contributed by atoms with Gasteiger partial charge in [0, 0.05) is 13.1 Å². The van der Waals surface area contributed by atoms with Crippen molar-refractivity contribution in [1.29, 1.82) is 0 Å². The number of ether oxygens (including phenoxy) is 1. The maximum absolute atomic E-state index is 12.8. The third kappa shape index (κ3) is 6.48. The minimum absolute atomic E-state index is 0.0301. The van der Waals surface area contributed by atoms with Gasteiger partial charge in [0.05, 0.1) is 11.6 Å². The van der Waals surface area contributed by atoms with Crippen LogP contribution in [0.2, 0.25) is 0 Å². The van der Waals surface area contributed by atoms with Crippen LogP contribution in [0.25, 0.3) is 0 Å². The predicted octanol–water partition coefficient (Wildman–Crippen LogP) is 4.90. The fourth-order valence-electron chi connectivity index (χ4n) is 3.88. The summed E-state index contributed by atoms with van der Waals surface area (Å²) in [6, 6.07) is 16.3. The highest BCUT2D eigenvalue weighted by atomic mass is 16.6. The number of hydrogen-bond acceptors (Lipinski definition) is 4. The molecule has 1 aliphatic rings. The summed E-state index contributed by atoms with van der Waals surface area (Å²) >= 11 is 0. The van der Waals surface area contributed by atoms with E-state index in [1.54, 1.807) is 23.1 Å². The number of carbonyl (C=O) groups excluding carboxylic acids is 2. The number of carbonyl (C=O) groups is 2. The van der Waals surface area contributed by atoms with Gasteiger partial charge in [-0.15, -0.1) is 0 Å². The minimum Gasteiger partial charge on any atom is -0.507 e. The molecule has 166 valence electrons. The molecule has 0 spiro atoms. The van der Waals surface area contributed by atoms with Crippen LogP contribution in [0.5, 0.6) is 5.75 Å². The largest absolute Gasteiger partial charge is 0.507 e. The molecule has 0 bridgehead atoms. The lowest BCUT2D eigenvalue weighted by Crippen LogP contribution is -2.42. The van der Waals surface area contributed by atoms with E-state index in [0.717, 1.165) is 24.8 Å². The van der Waals surface area contributed by atoms with Gasteiger partial charge >= 0.3 is 6.09 Å².